The van der Waals surface area contributed by atoms with E-state index in [1.54, 1.807) is 7.11 Å². The second-order valence-electron chi connectivity index (χ2n) is 8.05. The number of aromatic nitrogens is 2. The summed E-state index contributed by atoms with van der Waals surface area (Å²) in [6.45, 7) is 6.07. The van der Waals surface area contributed by atoms with Crippen LogP contribution in [0.15, 0.2) is 28.8 Å². The molecule has 0 spiro atoms. The molecule has 1 saturated heterocycles. The van der Waals surface area contributed by atoms with E-state index in [0.29, 0.717) is 36.9 Å². The van der Waals surface area contributed by atoms with Crippen LogP contribution in [0.1, 0.15) is 48.2 Å². The predicted molar refractivity (Wildman–Crippen MR) is 113 cm³/mol. The molecular weight excluding hydrogens is 423 g/mol. The summed E-state index contributed by atoms with van der Waals surface area (Å²) in [5, 5.41) is 4.02. The molecule has 1 aromatic carbocycles. The number of aryl methyl sites for hydroxylation is 1. The number of fused-ring (bicyclic) bond motifs is 1. The second kappa shape index (κ2) is 8.97. The molecule has 9 heteroatoms. The Balaban J connectivity index is 1.58. The van der Waals surface area contributed by atoms with Gasteiger partial charge in [0.25, 0.3) is 5.71 Å². The van der Waals surface area contributed by atoms with Gasteiger partial charge in [0.1, 0.15) is 0 Å². The third-order valence-electron chi connectivity index (χ3n) is 5.73. The first-order chi connectivity index (χ1) is 15.3. The normalized spacial score (nSPS) is 17.6. The molecular formula is C23H26F3N3O3. The Labute approximate surface area is 184 Å². The maximum absolute atomic E-state index is 13.7. The van der Waals surface area contributed by atoms with Crippen LogP contribution < -0.4 is 9.47 Å². The van der Waals surface area contributed by atoms with Crippen LogP contribution in [0.25, 0.3) is 11.1 Å². The van der Waals surface area contributed by atoms with Gasteiger partial charge >= 0.3 is 6.18 Å². The Hall–Kier alpha value is -2.81. The predicted octanol–water partition coefficient (Wildman–Crippen LogP) is 5.34. The highest BCUT2D eigenvalue weighted by Gasteiger charge is 2.37. The van der Waals surface area contributed by atoms with E-state index in [1.165, 1.54) is 6.92 Å². The van der Waals surface area contributed by atoms with Gasteiger partial charge in [-0.25, -0.2) is 4.98 Å². The van der Waals surface area contributed by atoms with Crippen molar-refractivity contribution in [3.63, 3.8) is 0 Å². The Morgan fingerprint density at radius 3 is 2.75 bits per heavy atom. The summed E-state index contributed by atoms with van der Waals surface area (Å²) >= 11 is 0. The number of likely N-dealkylation sites (tertiary alicyclic amines) is 1. The van der Waals surface area contributed by atoms with Crippen molar-refractivity contribution in [1.82, 2.24) is 15.0 Å². The maximum Gasteiger partial charge on any atom is 0.417 e. The molecule has 32 heavy (non-hydrogen) atoms. The van der Waals surface area contributed by atoms with Crippen molar-refractivity contribution < 1.29 is 27.2 Å². The highest BCUT2D eigenvalue weighted by molar-refractivity contribution is 5.81. The Morgan fingerprint density at radius 1 is 1.22 bits per heavy atom. The van der Waals surface area contributed by atoms with Gasteiger partial charge in [-0.05, 0) is 57.0 Å². The molecule has 1 atom stereocenters. The van der Waals surface area contributed by atoms with Gasteiger partial charge in [-0.2, -0.15) is 13.2 Å². The molecule has 1 aliphatic heterocycles. The Morgan fingerprint density at radius 2 is 2.03 bits per heavy atom. The molecule has 4 rings (SSSR count). The minimum Gasteiger partial charge on any atom is -0.493 e. The van der Waals surface area contributed by atoms with Crippen molar-refractivity contribution in [3.05, 3.63) is 46.8 Å². The summed E-state index contributed by atoms with van der Waals surface area (Å²) < 4.78 is 57.4. The lowest BCUT2D eigenvalue weighted by Gasteiger charge is -2.32. The summed E-state index contributed by atoms with van der Waals surface area (Å²) in [6.07, 6.45) is -2.90. The lowest BCUT2D eigenvalue weighted by Crippen LogP contribution is -2.34. The zero-order valence-corrected chi connectivity index (χ0v) is 18.3. The fraction of sp³-hybridized carbons (Fsp3) is 0.478. The van der Waals surface area contributed by atoms with Gasteiger partial charge in [-0.15, -0.1) is 0 Å². The summed E-state index contributed by atoms with van der Waals surface area (Å²) in [5.74, 6) is 1.18. The number of methoxy groups -OCH3 is 1. The van der Waals surface area contributed by atoms with Crippen LogP contribution >= 0.6 is 0 Å². The molecule has 172 valence electrons. The van der Waals surface area contributed by atoms with Gasteiger partial charge in [0.15, 0.2) is 11.5 Å². The minimum atomic E-state index is -4.50. The standard InChI is InChI=1S/C23H26F3N3O3/c1-4-31-18-8-7-15(11-19(18)30-3)12-29-9-5-6-16(13-29)21-20-17(23(24,25)26)10-14(2)27-22(20)32-28-21/h7-8,10-11,16H,4-6,9,12-13H2,1-3H3. The number of ether oxygens (including phenoxy) is 2. The third-order valence-corrected chi connectivity index (χ3v) is 5.73. The van der Waals surface area contributed by atoms with E-state index in [-0.39, 0.29) is 22.7 Å². The number of hydrogen-bond donors (Lipinski definition) is 0. The van der Waals surface area contributed by atoms with E-state index in [1.807, 2.05) is 25.1 Å². The molecule has 1 aliphatic rings. The van der Waals surface area contributed by atoms with Crippen molar-refractivity contribution in [2.24, 2.45) is 0 Å². The monoisotopic (exact) mass is 449 g/mol. The summed E-state index contributed by atoms with van der Waals surface area (Å²) in [7, 11) is 1.60. The van der Waals surface area contributed by atoms with E-state index >= 15 is 0 Å². The SMILES string of the molecule is CCOc1ccc(CN2CCCC(c3noc4nc(C)cc(C(F)(F)F)c34)C2)cc1OC. The fourth-order valence-corrected chi connectivity index (χ4v) is 4.36. The molecule has 1 unspecified atom stereocenters. The van der Waals surface area contributed by atoms with E-state index < -0.39 is 11.7 Å². The van der Waals surface area contributed by atoms with E-state index in [0.717, 1.165) is 31.0 Å². The van der Waals surface area contributed by atoms with Crippen LogP contribution in [0.4, 0.5) is 13.2 Å². The molecule has 0 bridgehead atoms. The van der Waals surface area contributed by atoms with E-state index in [2.05, 4.69) is 15.0 Å². The van der Waals surface area contributed by atoms with Gasteiger partial charge in [0.05, 0.1) is 30.4 Å². The highest BCUT2D eigenvalue weighted by Crippen LogP contribution is 2.40. The number of pyridine rings is 1. The van der Waals surface area contributed by atoms with Crippen molar-refractivity contribution in [2.45, 2.75) is 45.3 Å². The molecule has 0 amide bonds. The lowest BCUT2D eigenvalue weighted by atomic mass is 9.91. The zero-order valence-electron chi connectivity index (χ0n) is 18.3. The number of piperidine rings is 1. The second-order valence-corrected chi connectivity index (χ2v) is 8.05. The fourth-order valence-electron chi connectivity index (χ4n) is 4.36. The zero-order chi connectivity index (χ0) is 22.9. The van der Waals surface area contributed by atoms with Gasteiger partial charge < -0.3 is 14.0 Å². The average molecular weight is 449 g/mol. The van der Waals surface area contributed by atoms with Gasteiger partial charge in [-0.3, -0.25) is 4.90 Å². The first kappa shape index (κ1) is 22.4. The molecule has 3 heterocycles. The first-order valence-corrected chi connectivity index (χ1v) is 10.7. The van der Waals surface area contributed by atoms with E-state index in [9.17, 15) is 13.2 Å². The minimum absolute atomic E-state index is 0.0160. The van der Waals surface area contributed by atoms with E-state index in [4.69, 9.17) is 14.0 Å². The van der Waals surface area contributed by atoms with Crippen LogP contribution in [0.2, 0.25) is 0 Å². The molecule has 0 N–H and O–H groups in total. The van der Waals surface area contributed by atoms with Gasteiger partial charge in [-0.1, -0.05) is 11.2 Å². The molecule has 6 nitrogen and oxygen atoms in total. The molecule has 0 saturated carbocycles. The Kier molecular flexibility index (Phi) is 6.28. The van der Waals surface area contributed by atoms with Crippen LogP contribution in [0.5, 0.6) is 11.5 Å². The number of benzene rings is 1. The summed E-state index contributed by atoms with van der Waals surface area (Å²) in [4.78, 5) is 6.35. The van der Waals surface area contributed by atoms with Crippen LogP contribution in [0.3, 0.4) is 0 Å². The number of rotatable bonds is 6. The first-order valence-electron chi connectivity index (χ1n) is 10.7. The van der Waals surface area contributed by atoms with Gasteiger partial charge in [0.2, 0.25) is 0 Å². The smallest absolute Gasteiger partial charge is 0.417 e. The summed E-state index contributed by atoms with van der Waals surface area (Å²) in [6, 6.07) is 6.87. The van der Waals surface area contributed by atoms with Crippen LogP contribution in [0, 0.1) is 6.92 Å². The summed E-state index contributed by atoms with van der Waals surface area (Å²) in [5.41, 5.74) is 0.852. The molecule has 0 aliphatic carbocycles. The molecule has 3 aromatic rings. The molecule has 2 aromatic heterocycles. The Bertz CT molecular complexity index is 1100. The van der Waals surface area contributed by atoms with Crippen molar-refractivity contribution in [3.8, 4) is 11.5 Å². The van der Waals surface area contributed by atoms with Crippen LogP contribution in [-0.2, 0) is 12.7 Å². The lowest BCUT2D eigenvalue weighted by molar-refractivity contribution is -0.136. The van der Waals surface area contributed by atoms with Crippen molar-refractivity contribution in [1.29, 1.82) is 0 Å². The van der Waals surface area contributed by atoms with Crippen molar-refractivity contribution >= 4 is 11.1 Å². The molecule has 1 fully saturated rings. The molecule has 0 radical (unpaired) electrons. The average Bonchev–Trinajstić information content (AvgIpc) is 3.17. The number of nitrogens with zero attached hydrogens (tertiary/aromatic N) is 3. The maximum atomic E-state index is 13.7. The number of halogens is 3. The quantitative estimate of drug-likeness (QED) is 0.507. The number of alkyl halides is 3. The largest absolute Gasteiger partial charge is 0.493 e. The third kappa shape index (κ3) is 4.53. The topological polar surface area (TPSA) is 60.6 Å². The van der Waals surface area contributed by atoms with Crippen LogP contribution in [-0.4, -0.2) is 41.8 Å². The highest BCUT2D eigenvalue weighted by atomic mass is 19.4. The van der Waals surface area contributed by atoms with Crippen molar-refractivity contribution in [2.75, 3.05) is 26.8 Å². The number of hydrogen-bond acceptors (Lipinski definition) is 6. The van der Waals surface area contributed by atoms with Gasteiger partial charge in [0, 0.05) is 24.7 Å².